The first-order chi connectivity index (χ1) is 25.2. The zero-order valence-electron chi connectivity index (χ0n) is 30.2. The molecular weight excluding hydrogens is 655 g/mol. The van der Waals surface area contributed by atoms with E-state index in [-0.39, 0.29) is 17.8 Å². The molecule has 4 aromatic carbocycles. The topological polar surface area (TPSA) is 76.9 Å². The molecule has 2 amide bonds. The Bertz CT molecular complexity index is 1920. The Kier molecular flexibility index (Phi) is 11.7. The highest BCUT2D eigenvalue weighted by atomic mass is 19.1. The van der Waals surface area contributed by atoms with E-state index >= 15 is 0 Å². The van der Waals surface area contributed by atoms with E-state index in [0.29, 0.717) is 60.9 Å². The number of amides is 2. The molecule has 6 rings (SSSR count). The summed E-state index contributed by atoms with van der Waals surface area (Å²) in [5, 5.41) is 4.76. The van der Waals surface area contributed by atoms with Crippen LogP contribution < -0.4 is 4.74 Å². The fourth-order valence-corrected chi connectivity index (χ4v) is 6.59. The number of aryl methyl sites for hydroxylation is 1. The van der Waals surface area contributed by atoms with Gasteiger partial charge in [-0.1, -0.05) is 72.8 Å². The van der Waals surface area contributed by atoms with Crippen molar-refractivity contribution in [2.24, 2.45) is 0 Å². The van der Waals surface area contributed by atoms with Gasteiger partial charge in [0.15, 0.2) is 0 Å². The second-order valence-corrected chi connectivity index (χ2v) is 14.2. The zero-order chi connectivity index (χ0) is 36.5. The van der Waals surface area contributed by atoms with E-state index in [0.717, 1.165) is 31.2 Å². The Hall–Kier alpha value is -5.44. The first-order valence-corrected chi connectivity index (χ1v) is 18.1. The monoisotopic (exact) mass is 702 g/mol. The number of piperazine rings is 1. The normalized spacial score (nSPS) is 14.7. The van der Waals surface area contributed by atoms with Gasteiger partial charge in [-0.3, -0.25) is 4.79 Å². The van der Waals surface area contributed by atoms with Gasteiger partial charge in [-0.2, -0.15) is 5.10 Å². The second kappa shape index (κ2) is 16.7. The van der Waals surface area contributed by atoms with E-state index in [9.17, 15) is 14.0 Å². The molecule has 1 aliphatic rings. The van der Waals surface area contributed by atoms with Crippen LogP contribution in [0.2, 0.25) is 0 Å². The fraction of sp³-hybridized carbons (Fsp3) is 0.326. The van der Waals surface area contributed by atoms with Crippen LogP contribution in [0.4, 0.5) is 9.18 Å². The van der Waals surface area contributed by atoms with Crippen LogP contribution in [0.3, 0.4) is 0 Å². The smallest absolute Gasteiger partial charge is 0.410 e. The number of hydrogen-bond donors (Lipinski definition) is 0. The Morgan fingerprint density at radius 3 is 2.19 bits per heavy atom. The first-order valence-electron chi connectivity index (χ1n) is 18.1. The van der Waals surface area contributed by atoms with Crippen LogP contribution in [0, 0.1) is 5.82 Å². The van der Waals surface area contributed by atoms with Crippen LogP contribution in [-0.4, -0.2) is 69.5 Å². The lowest BCUT2D eigenvalue weighted by Gasteiger charge is -2.41. The number of aromatic nitrogens is 2. The highest BCUT2D eigenvalue weighted by Gasteiger charge is 2.36. The zero-order valence-corrected chi connectivity index (χ0v) is 30.2. The summed E-state index contributed by atoms with van der Waals surface area (Å²) in [5.41, 5.74) is 3.99. The molecule has 0 bridgehead atoms. The standard InChI is InChI=1S/C43H47FN4O4/c1-43(2,3)52-42(50)46-26-27-47(36(31-46)29-33-18-9-5-10-19-33)41(49)37-30-45-48(40(37)34-22-24-35(44)25-23-34)38-20-12-13-21-39(38)51-28-14-6-11-17-32-15-7-4-8-16-32/h4-5,7-10,12-13,15-16,18-25,30,36H,6,11,14,17,26-29,31H2,1-3H3. The number of rotatable bonds is 12. The van der Waals surface area contributed by atoms with Gasteiger partial charge < -0.3 is 19.3 Å². The molecule has 0 saturated carbocycles. The number of halogens is 1. The fourth-order valence-electron chi connectivity index (χ4n) is 6.59. The minimum atomic E-state index is -0.639. The van der Waals surface area contributed by atoms with E-state index < -0.39 is 11.7 Å². The third-order valence-corrected chi connectivity index (χ3v) is 9.13. The van der Waals surface area contributed by atoms with Gasteiger partial charge in [-0.05, 0) is 100 Å². The van der Waals surface area contributed by atoms with Gasteiger partial charge in [0.2, 0.25) is 0 Å². The Labute approximate surface area is 305 Å². The van der Waals surface area contributed by atoms with Crippen LogP contribution in [0.1, 0.15) is 61.5 Å². The summed E-state index contributed by atoms with van der Waals surface area (Å²) < 4.78 is 27.9. The molecule has 2 heterocycles. The number of ether oxygens (including phenoxy) is 2. The lowest BCUT2D eigenvalue weighted by atomic mass is 10.00. The van der Waals surface area contributed by atoms with E-state index in [1.807, 2.05) is 86.3 Å². The van der Waals surface area contributed by atoms with Crippen molar-refractivity contribution in [3.8, 4) is 22.7 Å². The second-order valence-electron chi connectivity index (χ2n) is 14.2. The minimum Gasteiger partial charge on any atom is -0.491 e. The van der Waals surface area contributed by atoms with Crippen molar-refractivity contribution in [2.45, 2.75) is 64.5 Å². The molecule has 1 saturated heterocycles. The molecule has 0 radical (unpaired) electrons. The molecule has 1 aromatic heterocycles. The van der Waals surface area contributed by atoms with Crippen molar-refractivity contribution in [2.75, 3.05) is 26.2 Å². The summed E-state index contributed by atoms with van der Waals surface area (Å²) in [4.78, 5) is 31.4. The van der Waals surface area contributed by atoms with E-state index in [1.165, 1.54) is 17.7 Å². The van der Waals surface area contributed by atoms with Crippen LogP contribution in [-0.2, 0) is 17.6 Å². The molecule has 0 aliphatic carbocycles. The predicted molar refractivity (Wildman–Crippen MR) is 201 cm³/mol. The molecule has 0 spiro atoms. The maximum atomic E-state index is 14.7. The van der Waals surface area contributed by atoms with Gasteiger partial charge >= 0.3 is 6.09 Å². The molecule has 0 N–H and O–H groups in total. The number of nitrogens with zero attached hydrogens (tertiary/aromatic N) is 4. The molecule has 1 fully saturated rings. The van der Waals surface area contributed by atoms with Crippen molar-refractivity contribution in [1.29, 1.82) is 0 Å². The molecule has 1 atom stereocenters. The summed E-state index contributed by atoms with van der Waals surface area (Å²) in [5.74, 6) is 0.0518. The summed E-state index contributed by atoms with van der Waals surface area (Å²) in [6, 6.07) is 33.8. The number of carbonyl (C=O) groups is 2. The number of unbranched alkanes of at least 4 members (excludes halogenated alkanes) is 2. The third-order valence-electron chi connectivity index (χ3n) is 9.13. The molecule has 8 nitrogen and oxygen atoms in total. The Morgan fingerprint density at radius 2 is 1.48 bits per heavy atom. The van der Waals surface area contributed by atoms with E-state index in [1.54, 1.807) is 27.9 Å². The van der Waals surface area contributed by atoms with E-state index in [4.69, 9.17) is 14.6 Å². The molecule has 1 unspecified atom stereocenters. The summed E-state index contributed by atoms with van der Waals surface area (Å²) >= 11 is 0. The average molecular weight is 703 g/mol. The molecule has 1 aliphatic heterocycles. The first kappa shape index (κ1) is 36.4. The van der Waals surface area contributed by atoms with Gasteiger partial charge in [0.25, 0.3) is 5.91 Å². The maximum absolute atomic E-state index is 14.7. The molecule has 5 aromatic rings. The van der Waals surface area contributed by atoms with Gasteiger partial charge in [0, 0.05) is 25.2 Å². The summed E-state index contributed by atoms with van der Waals surface area (Å²) in [7, 11) is 0. The number of hydrogen-bond acceptors (Lipinski definition) is 5. The lowest BCUT2D eigenvalue weighted by molar-refractivity contribution is 0.00439. The van der Waals surface area contributed by atoms with Crippen LogP contribution >= 0.6 is 0 Å². The minimum absolute atomic E-state index is 0.216. The van der Waals surface area contributed by atoms with Gasteiger partial charge in [-0.25, -0.2) is 13.9 Å². The van der Waals surface area contributed by atoms with Gasteiger partial charge in [0.05, 0.1) is 30.1 Å². The van der Waals surface area contributed by atoms with Gasteiger partial charge in [0.1, 0.15) is 22.9 Å². The van der Waals surface area contributed by atoms with Crippen LogP contribution in [0.5, 0.6) is 5.75 Å². The van der Waals surface area contributed by atoms with Crippen molar-refractivity contribution in [3.63, 3.8) is 0 Å². The van der Waals surface area contributed by atoms with Gasteiger partial charge in [-0.15, -0.1) is 0 Å². The maximum Gasteiger partial charge on any atom is 0.410 e. The highest BCUT2D eigenvalue weighted by Crippen LogP contribution is 2.33. The molecule has 52 heavy (non-hydrogen) atoms. The van der Waals surface area contributed by atoms with Crippen molar-refractivity contribution < 1.29 is 23.5 Å². The summed E-state index contributed by atoms with van der Waals surface area (Å²) in [6.45, 7) is 7.03. The molecular formula is C43H47FN4O4. The average Bonchev–Trinajstić information content (AvgIpc) is 3.58. The van der Waals surface area contributed by atoms with Crippen molar-refractivity contribution >= 4 is 12.0 Å². The van der Waals surface area contributed by atoms with Crippen molar-refractivity contribution in [1.82, 2.24) is 19.6 Å². The summed E-state index contributed by atoms with van der Waals surface area (Å²) in [6.07, 6.45) is 5.77. The number of para-hydroxylation sites is 2. The number of benzene rings is 4. The van der Waals surface area contributed by atoms with Crippen LogP contribution in [0.15, 0.2) is 115 Å². The predicted octanol–water partition coefficient (Wildman–Crippen LogP) is 8.77. The molecule has 9 heteroatoms. The van der Waals surface area contributed by atoms with Crippen LogP contribution in [0.25, 0.3) is 16.9 Å². The molecule has 270 valence electrons. The highest BCUT2D eigenvalue weighted by molar-refractivity contribution is 6.00. The quantitative estimate of drug-likeness (QED) is 0.122. The third kappa shape index (κ3) is 9.26. The lowest BCUT2D eigenvalue weighted by Crippen LogP contribution is -2.57. The number of carbonyl (C=O) groups excluding carboxylic acids is 2. The Morgan fingerprint density at radius 1 is 0.808 bits per heavy atom. The van der Waals surface area contributed by atoms with Crippen molar-refractivity contribution in [3.05, 3.63) is 138 Å². The Balaban J connectivity index is 1.26. The SMILES string of the molecule is CC(C)(C)OC(=O)N1CCN(C(=O)c2cnn(-c3ccccc3OCCCCCc3ccccc3)c2-c2ccc(F)cc2)C(Cc2ccccc2)C1. The van der Waals surface area contributed by atoms with E-state index in [2.05, 4.69) is 24.3 Å². The largest absolute Gasteiger partial charge is 0.491 e.